The number of allylic oxidation sites excluding steroid dienone is 1. The van der Waals surface area contributed by atoms with Crippen molar-refractivity contribution in [3.63, 3.8) is 0 Å². The zero-order chi connectivity index (χ0) is 15.7. The molecule has 22 heavy (non-hydrogen) atoms. The van der Waals surface area contributed by atoms with Crippen molar-refractivity contribution < 1.29 is 4.74 Å². The van der Waals surface area contributed by atoms with Crippen LogP contribution >= 0.6 is 0 Å². The van der Waals surface area contributed by atoms with Crippen LogP contribution in [0.4, 0.5) is 0 Å². The summed E-state index contributed by atoms with van der Waals surface area (Å²) in [4.78, 5) is 15.0. The number of benzene rings is 1. The molecule has 1 aliphatic heterocycles. The molecule has 1 aliphatic rings. The summed E-state index contributed by atoms with van der Waals surface area (Å²) in [7, 11) is 0. The van der Waals surface area contributed by atoms with E-state index in [1.54, 1.807) is 6.20 Å². The zero-order valence-electron chi connectivity index (χ0n) is 13.0. The third-order valence-electron chi connectivity index (χ3n) is 4.06. The normalized spacial score (nSPS) is 17.5. The molecule has 3 rings (SSSR count). The van der Waals surface area contributed by atoms with Crippen molar-refractivity contribution in [2.45, 2.75) is 26.9 Å². The number of rotatable bonds is 2. The molecule has 2 aromatic rings. The molecular formula is C19H19NO2. The molecule has 0 saturated carbocycles. The number of hydrogen-bond acceptors (Lipinski definition) is 2. The standard InChI is InChI=1S/C19H19NO2/c1-4-12(2)17-13(3)10-15-18(22-17)16(11-20-19(15)21)14-8-6-5-7-9-14/h4-11,17H,1-3H3,(H,20,21)/b12-4+/t17-/m1/s1. The second-order valence-corrected chi connectivity index (χ2v) is 5.56. The van der Waals surface area contributed by atoms with Gasteiger partial charge in [0, 0.05) is 11.8 Å². The fraction of sp³-hybridized carbons (Fsp3) is 0.211. The molecule has 112 valence electrons. The van der Waals surface area contributed by atoms with E-state index in [0.29, 0.717) is 11.3 Å². The number of aromatic amines is 1. The van der Waals surface area contributed by atoms with E-state index in [2.05, 4.69) is 4.98 Å². The third kappa shape index (κ3) is 2.39. The fourth-order valence-corrected chi connectivity index (χ4v) is 2.74. The smallest absolute Gasteiger partial charge is 0.259 e. The second kappa shape index (κ2) is 5.68. The fourth-order valence-electron chi connectivity index (χ4n) is 2.74. The van der Waals surface area contributed by atoms with Crippen LogP contribution in [0.25, 0.3) is 17.2 Å². The van der Waals surface area contributed by atoms with Gasteiger partial charge in [-0.05, 0) is 43.6 Å². The third-order valence-corrected chi connectivity index (χ3v) is 4.06. The average Bonchev–Trinajstić information content (AvgIpc) is 2.55. The molecule has 1 aromatic carbocycles. The van der Waals surface area contributed by atoms with Crippen molar-refractivity contribution in [1.29, 1.82) is 0 Å². The maximum Gasteiger partial charge on any atom is 0.259 e. The maximum absolute atomic E-state index is 12.1. The van der Waals surface area contributed by atoms with Gasteiger partial charge in [0.2, 0.25) is 0 Å². The number of H-pyrrole nitrogens is 1. The van der Waals surface area contributed by atoms with Gasteiger partial charge in [-0.25, -0.2) is 0 Å². The molecule has 1 aromatic heterocycles. The summed E-state index contributed by atoms with van der Waals surface area (Å²) in [6.07, 6.45) is 5.60. The van der Waals surface area contributed by atoms with Gasteiger partial charge in [-0.2, -0.15) is 0 Å². The largest absolute Gasteiger partial charge is 0.480 e. The Bertz CT molecular complexity index is 813. The molecule has 3 nitrogen and oxygen atoms in total. The second-order valence-electron chi connectivity index (χ2n) is 5.56. The van der Waals surface area contributed by atoms with Gasteiger partial charge in [-0.1, -0.05) is 36.4 Å². The molecule has 0 bridgehead atoms. The lowest BCUT2D eigenvalue weighted by molar-refractivity contribution is 0.268. The predicted octanol–water partition coefficient (Wildman–Crippen LogP) is 4.17. The number of ether oxygens (including phenoxy) is 1. The Morgan fingerprint density at radius 2 is 2.00 bits per heavy atom. The Morgan fingerprint density at radius 3 is 2.68 bits per heavy atom. The summed E-state index contributed by atoms with van der Waals surface area (Å²) >= 11 is 0. The van der Waals surface area contributed by atoms with Crippen LogP contribution < -0.4 is 10.3 Å². The lowest BCUT2D eigenvalue weighted by atomic mass is 9.96. The summed E-state index contributed by atoms with van der Waals surface area (Å²) in [5, 5.41) is 0. The molecule has 0 saturated heterocycles. The molecule has 2 heterocycles. The summed E-state index contributed by atoms with van der Waals surface area (Å²) < 4.78 is 6.21. The van der Waals surface area contributed by atoms with E-state index in [1.165, 1.54) is 0 Å². The van der Waals surface area contributed by atoms with E-state index < -0.39 is 0 Å². The monoisotopic (exact) mass is 293 g/mol. The lowest BCUT2D eigenvalue weighted by Crippen LogP contribution is -2.26. The first kappa shape index (κ1) is 14.4. The van der Waals surface area contributed by atoms with Gasteiger partial charge in [0.1, 0.15) is 11.9 Å². The number of nitrogens with one attached hydrogen (secondary N) is 1. The molecule has 0 fully saturated rings. The number of hydrogen-bond donors (Lipinski definition) is 1. The predicted molar refractivity (Wildman–Crippen MR) is 90.0 cm³/mol. The highest BCUT2D eigenvalue weighted by Gasteiger charge is 2.25. The van der Waals surface area contributed by atoms with Gasteiger partial charge in [0.05, 0.1) is 5.56 Å². The van der Waals surface area contributed by atoms with Crippen LogP contribution in [0.1, 0.15) is 26.3 Å². The van der Waals surface area contributed by atoms with Crippen molar-refractivity contribution in [1.82, 2.24) is 4.98 Å². The summed E-state index contributed by atoms with van der Waals surface area (Å²) in [5.74, 6) is 0.659. The molecule has 3 heteroatoms. The molecular weight excluding hydrogens is 274 g/mol. The first-order chi connectivity index (χ1) is 10.6. The Kier molecular flexibility index (Phi) is 3.72. The summed E-state index contributed by atoms with van der Waals surface area (Å²) in [6.45, 7) is 6.04. The first-order valence-electron chi connectivity index (χ1n) is 7.40. The minimum atomic E-state index is -0.120. The average molecular weight is 293 g/mol. The van der Waals surface area contributed by atoms with E-state index in [4.69, 9.17) is 4.74 Å². The van der Waals surface area contributed by atoms with E-state index in [1.807, 2.05) is 63.3 Å². The quantitative estimate of drug-likeness (QED) is 0.844. The van der Waals surface area contributed by atoms with Gasteiger partial charge in [-0.3, -0.25) is 4.79 Å². The van der Waals surface area contributed by atoms with E-state index >= 15 is 0 Å². The highest BCUT2D eigenvalue weighted by molar-refractivity contribution is 5.77. The number of fused-ring (bicyclic) bond motifs is 1. The Balaban J connectivity index is 2.20. The van der Waals surface area contributed by atoms with Crippen molar-refractivity contribution in [3.8, 4) is 16.9 Å². The van der Waals surface area contributed by atoms with Crippen molar-refractivity contribution in [3.05, 3.63) is 69.7 Å². The van der Waals surface area contributed by atoms with Crippen molar-refractivity contribution >= 4 is 6.08 Å². The summed E-state index contributed by atoms with van der Waals surface area (Å²) in [6, 6.07) is 9.95. The Hall–Kier alpha value is -2.55. The van der Waals surface area contributed by atoms with Crippen LogP contribution in [-0.2, 0) is 0 Å². The Morgan fingerprint density at radius 1 is 1.27 bits per heavy atom. The lowest BCUT2D eigenvalue weighted by Gasteiger charge is -2.27. The van der Waals surface area contributed by atoms with Crippen LogP contribution in [-0.4, -0.2) is 11.1 Å². The number of aromatic nitrogens is 1. The molecule has 1 atom stereocenters. The van der Waals surface area contributed by atoms with Crippen LogP contribution in [0.3, 0.4) is 0 Å². The van der Waals surface area contributed by atoms with Crippen LogP contribution in [0.2, 0.25) is 0 Å². The SMILES string of the molecule is C/C=C(\C)[C@H]1Oc2c(-c3ccccc3)c[nH]c(=O)c2C=C1C. The minimum absolute atomic E-state index is 0.109. The van der Waals surface area contributed by atoms with E-state index in [0.717, 1.165) is 22.3 Å². The molecule has 0 radical (unpaired) electrons. The topological polar surface area (TPSA) is 42.1 Å². The summed E-state index contributed by atoms with van der Waals surface area (Å²) in [5.41, 5.74) is 4.59. The first-order valence-corrected chi connectivity index (χ1v) is 7.40. The van der Waals surface area contributed by atoms with Gasteiger partial charge in [0.25, 0.3) is 5.56 Å². The van der Waals surface area contributed by atoms with Crippen LogP contribution in [0.15, 0.2) is 58.5 Å². The van der Waals surface area contributed by atoms with Gasteiger partial charge < -0.3 is 9.72 Å². The van der Waals surface area contributed by atoms with Gasteiger partial charge >= 0.3 is 0 Å². The minimum Gasteiger partial charge on any atom is -0.480 e. The van der Waals surface area contributed by atoms with Crippen LogP contribution in [0, 0.1) is 0 Å². The molecule has 1 N–H and O–H groups in total. The molecule has 0 spiro atoms. The zero-order valence-corrected chi connectivity index (χ0v) is 13.0. The highest BCUT2D eigenvalue weighted by atomic mass is 16.5. The molecule has 0 amide bonds. The molecule has 0 aliphatic carbocycles. The van der Waals surface area contributed by atoms with Gasteiger partial charge in [0.15, 0.2) is 0 Å². The number of pyridine rings is 1. The van der Waals surface area contributed by atoms with Gasteiger partial charge in [-0.15, -0.1) is 0 Å². The highest BCUT2D eigenvalue weighted by Crippen LogP contribution is 2.37. The van der Waals surface area contributed by atoms with Crippen LogP contribution in [0.5, 0.6) is 5.75 Å². The van der Waals surface area contributed by atoms with E-state index in [-0.39, 0.29) is 11.7 Å². The van der Waals surface area contributed by atoms with Crippen molar-refractivity contribution in [2.24, 2.45) is 0 Å². The van der Waals surface area contributed by atoms with E-state index in [9.17, 15) is 4.79 Å². The molecule has 0 unspecified atom stereocenters. The van der Waals surface area contributed by atoms with Crippen molar-refractivity contribution in [2.75, 3.05) is 0 Å². The maximum atomic E-state index is 12.1. The Labute approximate surface area is 130 Å².